The normalized spacial score (nSPS) is 15.3. The van der Waals surface area contributed by atoms with Gasteiger partial charge < -0.3 is 9.47 Å². The van der Waals surface area contributed by atoms with Crippen LogP contribution < -0.4 is 10.3 Å². The number of hydrogen-bond acceptors (Lipinski definition) is 4. The summed E-state index contributed by atoms with van der Waals surface area (Å²) in [5.74, 6) is 0.0975. The molecule has 0 aliphatic carbocycles. The SMILES string of the molecule is CCCCn1cc(S(=O)(=O)c2cccc(Cl)c2)c(=O)c2cc(F)c(N3CCC(C)CC3)cc21. The molecule has 1 aromatic heterocycles. The van der Waals surface area contributed by atoms with E-state index in [-0.39, 0.29) is 20.2 Å². The lowest BCUT2D eigenvalue weighted by Crippen LogP contribution is -2.33. The number of benzene rings is 2. The fourth-order valence-corrected chi connectivity index (χ4v) is 6.00. The van der Waals surface area contributed by atoms with Crippen LogP contribution in [0.5, 0.6) is 0 Å². The maximum Gasteiger partial charge on any atom is 0.211 e. The van der Waals surface area contributed by atoms with Gasteiger partial charge in [0, 0.05) is 30.9 Å². The van der Waals surface area contributed by atoms with E-state index < -0.39 is 21.1 Å². The first-order valence-corrected chi connectivity index (χ1v) is 13.2. The van der Waals surface area contributed by atoms with Gasteiger partial charge in [0.2, 0.25) is 15.3 Å². The summed E-state index contributed by atoms with van der Waals surface area (Å²) in [7, 11) is -4.13. The molecule has 3 aromatic rings. The summed E-state index contributed by atoms with van der Waals surface area (Å²) in [6.45, 7) is 6.26. The molecular weight excluding hydrogens is 463 g/mol. The van der Waals surface area contributed by atoms with E-state index in [2.05, 4.69) is 6.92 Å². The van der Waals surface area contributed by atoms with E-state index in [9.17, 15) is 13.2 Å². The molecule has 1 aliphatic heterocycles. The van der Waals surface area contributed by atoms with Crippen LogP contribution in [0.1, 0.15) is 39.5 Å². The highest BCUT2D eigenvalue weighted by Crippen LogP contribution is 2.30. The second-order valence-electron chi connectivity index (χ2n) is 8.82. The predicted molar refractivity (Wildman–Crippen MR) is 131 cm³/mol. The molecule has 2 heterocycles. The number of anilines is 1. The van der Waals surface area contributed by atoms with E-state index >= 15 is 4.39 Å². The van der Waals surface area contributed by atoms with Gasteiger partial charge in [0.1, 0.15) is 10.7 Å². The minimum atomic E-state index is -4.13. The minimum Gasteiger partial charge on any atom is -0.369 e. The van der Waals surface area contributed by atoms with Crippen molar-refractivity contribution in [2.75, 3.05) is 18.0 Å². The molecule has 0 amide bonds. The fourth-order valence-electron chi connectivity index (χ4n) is 4.33. The van der Waals surface area contributed by atoms with Gasteiger partial charge in [0.05, 0.1) is 21.5 Å². The van der Waals surface area contributed by atoms with Crippen molar-refractivity contribution in [3.05, 3.63) is 63.7 Å². The average Bonchev–Trinajstić information content (AvgIpc) is 2.79. The molecule has 33 heavy (non-hydrogen) atoms. The molecule has 0 saturated carbocycles. The third-order valence-corrected chi connectivity index (χ3v) is 8.37. The van der Waals surface area contributed by atoms with Crippen molar-refractivity contribution in [3.8, 4) is 0 Å². The standard InChI is InChI=1S/C25H28ClFN2O3S/c1-3-4-10-29-16-24(33(31,32)19-7-5-6-18(26)13-19)25(30)20-14-21(27)23(15-22(20)29)28-11-8-17(2)9-12-28/h5-7,13-17H,3-4,8-12H2,1-2H3. The molecule has 8 heteroatoms. The van der Waals surface area contributed by atoms with Crippen LogP contribution in [-0.4, -0.2) is 26.1 Å². The van der Waals surface area contributed by atoms with Crippen molar-refractivity contribution in [2.45, 2.75) is 55.9 Å². The van der Waals surface area contributed by atoms with Gasteiger partial charge in [-0.2, -0.15) is 0 Å². The van der Waals surface area contributed by atoms with Gasteiger partial charge >= 0.3 is 0 Å². The molecule has 5 nitrogen and oxygen atoms in total. The topological polar surface area (TPSA) is 59.4 Å². The number of piperidine rings is 1. The largest absolute Gasteiger partial charge is 0.369 e. The smallest absolute Gasteiger partial charge is 0.211 e. The second kappa shape index (κ2) is 9.47. The second-order valence-corrected chi connectivity index (χ2v) is 11.2. The minimum absolute atomic E-state index is 0.0620. The number of halogens is 2. The highest BCUT2D eigenvalue weighted by Gasteiger charge is 2.26. The van der Waals surface area contributed by atoms with Gasteiger partial charge in [-0.25, -0.2) is 12.8 Å². The molecule has 0 bridgehead atoms. The van der Waals surface area contributed by atoms with Gasteiger partial charge in [0.15, 0.2) is 0 Å². The third kappa shape index (κ3) is 4.66. The number of pyridine rings is 1. The Morgan fingerprint density at radius 1 is 1.15 bits per heavy atom. The Labute approximate surface area is 198 Å². The van der Waals surface area contributed by atoms with Crippen molar-refractivity contribution >= 4 is 38.0 Å². The van der Waals surface area contributed by atoms with E-state index in [1.54, 1.807) is 16.7 Å². The summed E-state index contributed by atoms with van der Waals surface area (Å²) in [5.41, 5.74) is 0.313. The maximum absolute atomic E-state index is 15.2. The number of aromatic nitrogens is 1. The Hall–Kier alpha value is -2.38. The first-order valence-electron chi connectivity index (χ1n) is 11.3. The summed E-state index contributed by atoms with van der Waals surface area (Å²) >= 11 is 5.99. The number of aryl methyl sites for hydroxylation is 1. The Morgan fingerprint density at radius 2 is 1.88 bits per heavy atom. The van der Waals surface area contributed by atoms with E-state index in [4.69, 9.17) is 11.6 Å². The van der Waals surface area contributed by atoms with Crippen LogP contribution >= 0.6 is 11.6 Å². The molecular formula is C25H28ClFN2O3S. The maximum atomic E-state index is 15.2. The van der Waals surface area contributed by atoms with Crippen LogP contribution in [-0.2, 0) is 16.4 Å². The van der Waals surface area contributed by atoms with E-state index in [0.29, 0.717) is 23.7 Å². The predicted octanol–water partition coefficient (Wildman–Crippen LogP) is 5.66. The highest BCUT2D eigenvalue weighted by atomic mass is 35.5. The first-order chi connectivity index (χ1) is 15.7. The quantitative estimate of drug-likeness (QED) is 0.447. The van der Waals surface area contributed by atoms with Gasteiger partial charge in [-0.1, -0.05) is 37.9 Å². The van der Waals surface area contributed by atoms with Crippen LogP contribution in [0.4, 0.5) is 10.1 Å². The van der Waals surface area contributed by atoms with Crippen LogP contribution in [0.2, 0.25) is 5.02 Å². The Balaban J connectivity index is 1.91. The molecule has 0 radical (unpaired) electrons. The zero-order valence-corrected chi connectivity index (χ0v) is 20.4. The number of hydrogen-bond donors (Lipinski definition) is 0. The fraction of sp³-hybridized carbons (Fsp3) is 0.400. The van der Waals surface area contributed by atoms with Gasteiger partial charge in [-0.15, -0.1) is 0 Å². The molecule has 2 aromatic carbocycles. The van der Waals surface area contributed by atoms with Crippen LogP contribution in [0.15, 0.2) is 57.2 Å². The molecule has 1 fully saturated rings. The van der Waals surface area contributed by atoms with Crippen molar-refractivity contribution in [1.82, 2.24) is 4.57 Å². The van der Waals surface area contributed by atoms with E-state index in [1.807, 2.05) is 11.8 Å². The number of unbranched alkanes of at least 4 members (excludes halogenated alkanes) is 1. The summed E-state index contributed by atoms with van der Waals surface area (Å²) < 4.78 is 43.6. The van der Waals surface area contributed by atoms with Crippen molar-refractivity contribution in [2.24, 2.45) is 5.92 Å². The van der Waals surface area contributed by atoms with Crippen molar-refractivity contribution in [3.63, 3.8) is 0 Å². The number of sulfone groups is 1. The molecule has 0 N–H and O–H groups in total. The zero-order chi connectivity index (χ0) is 23.8. The number of nitrogens with zero attached hydrogens (tertiary/aromatic N) is 2. The molecule has 1 saturated heterocycles. The lowest BCUT2D eigenvalue weighted by molar-refractivity contribution is 0.434. The molecule has 4 rings (SSSR count). The number of rotatable bonds is 6. The van der Waals surface area contributed by atoms with Crippen LogP contribution in [0, 0.1) is 11.7 Å². The third-order valence-electron chi connectivity index (χ3n) is 6.39. The van der Waals surface area contributed by atoms with Crippen molar-refractivity contribution < 1.29 is 12.8 Å². The van der Waals surface area contributed by atoms with Gasteiger partial charge in [0.25, 0.3) is 0 Å². The van der Waals surface area contributed by atoms with Crippen molar-refractivity contribution in [1.29, 1.82) is 0 Å². The summed E-state index contributed by atoms with van der Waals surface area (Å²) in [6, 6.07) is 8.72. The van der Waals surface area contributed by atoms with Gasteiger partial charge in [-0.05, 0) is 55.5 Å². The molecule has 176 valence electrons. The van der Waals surface area contributed by atoms with E-state index in [1.165, 1.54) is 30.5 Å². The highest BCUT2D eigenvalue weighted by molar-refractivity contribution is 7.91. The lowest BCUT2D eigenvalue weighted by atomic mass is 9.98. The Kier molecular flexibility index (Phi) is 6.82. The zero-order valence-electron chi connectivity index (χ0n) is 18.9. The Bertz CT molecular complexity index is 1350. The van der Waals surface area contributed by atoms with Gasteiger partial charge in [-0.3, -0.25) is 4.79 Å². The monoisotopic (exact) mass is 490 g/mol. The summed E-state index contributed by atoms with van der Waals surface area (Å²) in [6.07, 6.45) is 5.05. The van der Waals surface area contributed by atoms with Crippen LogP contribution in [0.3, 0.4) is 0 Å². The summed E-state index contributed by atoms with van der Waals surface area (Å²) in [4.78, 5) is 14.9. The molecule has 0 spiro atoms. The molecule has 0 atom stereocenters. The first kappa shape index (κ1) is 23.8. The summed E-state index contributed by atoms with van der Waals surface area (Å²) in [5, 5.41) is 0.329. The average molecular weight is 491 g/mol. The Morgan fingerprint density at radius 3 is 2.55 bits per heavy atom. The van der Waals surface area contributed by atoms with Crippen LogP contribution in [0.25, 0.3) is 10.9 Å². The molecule has 0 unspecified atom stereocenters. The molecule has 1 aliphatic rings. The van der Waals surface area contributed by atoms with E-state index in [0.717, 1.165) is 38.8 Å². The number of fused-ring (bicyclic) bond motifs is 1. The lowest BCUT2D eigenvalue weighted by Gasteiger charge is -2.32.